The van der Waals surface area contributed by atoms with Crippen molar-refractivity contribution in [1.82, 2.24) is 4.90 Å². The molecular weight excluding hydrogens is 232 g/mol. The number of nitrogens with two attached hydrogens (primary N) is 1. The summed E-state index contributed by atoms with van der Waals surface area (Å²) in [6.07, 6.45) is 0. The SMILES string of the molecule is CCN(CC)CC(CN)c1c(C)c(C)cc(C)c1C. The Balaban J connectivity index is 3.17. The molecule has 1 aromatic carbocycles. The standard InChI is InChI=1S/C17H30N2/c1-7-19(8-2)11-16(10-18)17-14(5)12(3)9-13(4)15(17)6/h9,16H,7-8,10-11,18H2,1-6H3. The second-order valence-electron chi connectivity index (χ2n) is 5.59. The minimum absolute atomic E-state index is 0.443. The molecule has 0 heterocycles. The lowest BCUT2D eigenvalue weighted by atomic mass is 9.85. The predicted molar refractivity (Wildman–Crippen MR) is 85.0 cm³/mol. The Kier molecular flexibility index (Phi) is 6.02. The van der Waals surface area contributed by atoms with E-state index >= 15 is 0 Å². The van der Waals surface area contributed by atoms with E-state index in [1.807, 2.05) is 0 Å². The zero-order valence-corrected chi connectivity index (χ0v) is 13.5. The van der Waals surface area contributed by atoms with E-state index in [0.29, 0.717) is 5.92 Å². The van der Waals surface area contributed by atoms with Gasteiger partial charge in [0.2, 0.25) is 0 Å². The Morgan fingerprint density at radius 3 is 1.84 bits per heavy atom. The molecule has 0 spiro atoms. The zero-order chi connectivity index (χ0) is 14.6. The molecule has 1 rings (SSSR count). The van der Waals surface area contributed by atoms with Gasteiger partial charge in [-0.1, -0.05) is 19.9 Å². The lowest BCUT2D eigenvalue weighted by molar-refractivity contribution is 0.284. The lowest BCUT2D eigenvalue weighted by Crippen LogP contribution is -2.32. The summed E-state index contributed by atoms with van der Waals surface area (Å²) in [5.74, 6) is 0.443. The van der Waals surface area contributed by atoms with Crippen LogP contribution in [0.15, 0.2) is 6.07 Å². The summed E-state index contributed by atoms with van der Waals surface area (Å²) in [5.41, 5.74) is 13.2. The fourth-order valence-electron chi connectivity index (χ4n) is 2.94. The first-order valence-electron chi connectivity index (χ1n) is 7.45. The third kappa shape index (κ3) is 3.58. The molecule has 2 nitrogen and oxygen atoms in total. The quantitative estimate of drug-likeness (QED) is 0.852. The van der Waals surface area contributed by atoms with Crippen molar-refractivity contribution in [1.29, 1.82) is 0 Å². The second-order valence-corrected chi connectivity index (χ2v) is 5.59. The van der Waals surface area contributed by atoms with E-state index in [9.17, 15) is 0 Å². The average Bonchev–Trinajstić information content (AvgIpc) is 2.40. The van der Waals surface area contributed by atoms with E-state index in [4.69, 9.17) is 5.73 Å². The Morgan fingerprint density at radius 1 is 1.00 bits per heavy atom. The van der Waals surface area contributed by atoms with Crippen molar-refractivity contribution in [3.8, 4) is 0 Å². The van der Waals surface area contributed by atoms with Crippen molar-refractivity contribution < 1.29 is 0 Å². The van der Waals surface area contributed by atoms with Crippen molar-refractivity contribution in [2.45, 2.75) is 47.5 Å². The topological polar surface area (TPSA) is 29.3 Å². The van der Waals surface area contributed by atoms with Gasteiger partial charge in [0.1, 0.15) is 0 Å². The van der Waals surface area contributed by atoms with Gasteiger partial charge in [-0.25, -0.2) is 0 Å². The van der Waals surface area contributed by atoms with Crippen molar-refractivity contribution in [3.05, 3.63) is 33.9 Å². The highest BCUT2D eigenvalue weighted by atomic mass is 15.1. The fourth-order valence-corrected chi connectivity index (χ4v) is 2.94. The average molecular weight is 262 g/mol. The van der Waals surface area contributed by atoms with Gasteiger partial charge < -0.3 is 10.6 Å². The van der Waals surface area contributed by atoms with Gasteiger partial charge in [-0.2, -0.15) is 0 Å². The molecule has 19 heavy (non-hydrogen) atoms. The van der Waals surface area contributed by atoms with E-state index in [0.717, 1.165) is 26.2 Å². The molecule has 0 saturated carbocycles. The summed E-state index contributed by atoms with van der Waals surface area (Å²) in [6.45, 7) is 17.3. The molecule has 1 aromatic rings. The minimum Gasteiger partial charge on any atom is -0.330 e. The van der Waals surface area contributed by atoms with Crippen LogP contribution >= 0.6 is 0 Å². The van der Waals surface area contributed by atoms with Crippen LogP contribution in [0.1, 0.15) is 47.6 Å². The second kappa shape index (κ2) is 7.06. The molecule has 0 aliphatic heterocycles. The molecule has 0 bridgehead atoms. The zero-order valence-electron chi connectivity index (χ0n) is 13.5. The molecular formula is C17H30N2. The smallest absolute Gasteiger partial charge is 0.00942 e. The minimum atomic E-state index is 0.443. The molecule has 0 saturated heterocycles. The maximum absolute atomic E-state index is 6.07. The molecule has 0 aromatic heterocycles. The van der Waals surface area contributed by atoms with Crippen LogP contribution in [-0.4, -0.2) is 31.1 Å². The monoisotopic (exact) mass is 262 g/mol. The predicted octanol–water partition coefficient (Wildman–Crippen LogP) is 3.30. The van der Waals surface area contributed by atoms with Gasteiger partial charge in [-0.15, -0.1) is 0 Å². The molecule has 0 radical (unpaired) electrons. The van der Waals surface area contributed by atoms with E-state index in [-0.39, 0.29) is 0 Å². The number of likely N-dealkylation sites (N-methyl/N-ethyl adjacent to an activating group) is 1. The van der Waals surface area contributed by atoms with Gasteiger partial charge in [0.25, 0.3) is 0 Å². The maximum Gasteiger partial charge on any atom is 0.00942 e. The Morgan fingerprint density at radius 2 is 1.47 bits per heavy atom. The molecule has 1 atom stereocenters. The largest absolute Gasteiger partial charge is 0.330 e. The molecule has 0 aliphatic rings. The van der Waals surface area contributed by atoms with Gasteiger partial charge >= 0.3 is 0 Å². The van der Waals surface area contributed by atoms with Crippen LogP contribution in [0.5, 0.6) is 0 Å². The number of hydrogen-bond acceptors (Lipinski definition) is 2. The highest BCUT2D eigenvalue weighted by Crippen LogP contribution is 2.28. The molecule has 1 unspecified atom stereocenters. The van der Waals surface area contributed by atoms with Crippen molar-refractivity contribution in [3.63, 3.8) is 0 Å². The molecule has 0 amide bonds. The molecule has 2 heteroatoms. The van der Waals surface area contributed by atoms with Gasteiger partial charge in [0, 0.05) is 19.0 Å². The molecule has 0 fully saturated rings. The highest BCUT2D eigenvalue weighted by Gasteiger charge is 2.19. The van der Waals surface area contributed by atoms with Crippen LogP contribution in [0, 0.1) is 27.7 Å². The lowest BCUT2D eigenvalue weighted by Gasteiger charge is -2.28. The van der Waals surface area contributed by atoms with Crippen LogP contribution in [0.2, 0.25) is 0 Å². The Labute approximate surface area is 119 Å². The summed E-state index contributed by atoms with van der Waals surface area (Å²) in [5, 5.41) is 0. The van der Waals surface area contributed by atoms with Crippen LogP contribution < -0.4 is 5.73 Å². The number of benzene rings is 1. The van der Waals surface area contributed by atoms with E-state index in [1.54, 1.807) is 0 Å². The summed E-state index contributed by atoms with van der Waals surface area (Å²) < 4.78 is 0. The van der Waals surface area contributed by atoms with Gasteiger partial charge in [-0.05, 0) is 68.6 Å². The first kappa shape index (κ1) is 16.2. The molecule has 2 N–H and O–H groups in total. The number of rotatable bonds is 6. The van der Waals surface area contributed by atoms with Gasteiger partial charge in [0.05, 0.1) is 0 Å². The Hall–Kier alpha value is -0.860. The van der Waals surface area contributed by atoms with E-state index < -0.39 is 0 Å². The molecule has 108 valence electrons. The number of nitrogens with zero attached hydrogens (tertiary/aromatic N) is 1. The van der Waals surface area contributed by atoms with Crippen molar-refractivity contribution in [2.75, 3.05) is 26.2 Å². The van der Waals surface area contributed by atoms with Crippen LogP contribution in [0.3, 0.4) is 0 Å². The van der Waals surface area contributed by atoms with Crippen molar-refractivity contribution in [2.24, 2.45) is 5.73 Å². The van der Waals surface area contributed by atoms with Crippen molar-refractivity contribution >= 4 is 0 Å². The summed E-state index contributed by atoms with van der Waals surface area (Å²) in [7, 11) is 0. The fraction of sp³-hybridized carbons (Fsp3) is 0.647. The summed E-state index contributed by atoms with van der Waals surface area (Å²) >= 11 is 0. The van der Waals surface area contributed by atoms with Gasteiger partial charge in [-0.3, -0.25) is 0 Å². The van der Waals surface area contributed by atoms with E-state index in [1.165, 1.54) is 27.8 Å². The summed E-state index contributed by atoms with van der Waals surface area (Å²) in [4.78, 5) is 2.47. The third-order valence-corrected chi connectivity index (χ3v) is 4.49. The Bertz CT molecular complexity index is 394. The highest BCUT2D eigenvalue weighted by molar-refractivity contribution is 5.46. The van der Waals surface area contributed by atoms with Crippen LogP contribution in [-0.2, 0) is 0 Å². The first-order chi connectivity index (χ1) is 8.96. The number of aryl methyl sites for hydroxylation is 2. The number of hydrogen-bond donors (Lipinski definition) is 1. The van der Waals surface area contributed by atoms with E-state index in [2.05, 4.69) is 52.5 Å². The maximum atomic E-state index is 6.07. The first-order valence-corrected chi connectivity index (χ1v) is 7.45. The third-order valence-electron chi connectivity index (χ3n) is 4.49. The van der Waals surface area contributed by atoms with Crippen LogP contribution in [0.25, 0.3) is 0 Å². The van der Waals surface area contributed by atoms with Gasteiger partial charge in [0.15, 0.2) is 0 Å². The van der Waals surface area contributed by atoms with Crippen LogP contribution in [0.4, 0.5) is 0 Å². The molecule has 0 aliphatic carbocycles. The normalized spacial score (nSPS) is 13.1. The summed E-state index contributed by atoms with van der Waals surface area (Å²) in [6, 6.07) is 2.29.